The molecule has 5 heteroatoms. The van der Waals surface area contributed by atoms with E-state index in [9.17, 15) is 0 Å². The average molecular weight is 271 g/mol. The summed E-state index contributed by atoms with van der Waals surface area (Å²) < 4.78 is 11.3. The fourth-order valence-electron chi connectivity index (χ4n) is 2.38. The smallest absolute Gasteiger partial charge is 0.166 e. The Morgan fingerprint density at radius 2 is 1.95 bits per heavy atom. The van der Waals surface area contributed by atoms with Crippen molar-refractivity contribution < 1.29 is 9.47 Å². The van der Waals surface area contributed by atoms with Gasteiger partial charge >= 0.3 is 0 Å². The molecule has 1 unspecified atom stereocenters. The lowest BCUT2D eigenvalue weighted by Crippen LogP contribution is -2.30. The average Bonchev–Trinajstić information content (AvgIpc) is 2.53. The van der Waals surface area contributed by atoms with E-state index in [1.165, 1.54) is 0 Å². The SMILES string of the molecule is NNC(Cc1ccncc1)c1cccc2c1OCCO2. The number of ether oxygens (including phenoxy) is 2. The second-order valence-electron chi connectivity index (χ2n) is 4.65. The van der Waals surface area contributed by atoms with Gasteiger partial charge in [-0.05, 0) is 30.2 Å². The molecule has 0 fully saturated rings. The molecule has 1 atom stereocenters. The van der Waals surface area contributed by atoms with Gasteiger partial charge in [0.2, 0.25) is 0 Å². The Labute approximate surface area is 117 Å². The van der Waals surface area contributed by atoms with Gasteiger partial charge in [0, 0.05) is 18.0 Å². The van der Waals surface area contributed by atoms with Crippen LogP contribution in [0.1, 0.15) is 17.2 Å². The number of hydrogen-bond acceptors (Lipinski definition) is 5. The standard InChI is InChI=1S/C15H17N3O2/c16-18-13(10-11-4-6-17-7-5-11)12-2-1-3-14-15(12)20-9-8-19-14/h1-7,13,18H,8-10,16H2. The minimum Gasteiger partial charge on any atom is -0.486 e. The first-order chi connectivity index (χ1) is 9.88. The van der Waals surface area contributed by atoms with Crippen LogP contribution in [0.2, 0.25) is 0 Å². The summed E-state index contributed by atoms with van der Waals surface area (Å²) in [4.78, 5) is 4.03. The fraction of sp³-hybridized carbons (Fsp3) is 0.267. The zero-order valence-electron chi connectivity index (χ0n) is 11.1. The molecule has 0 bridgehead atoms. The largest absolute Gasteiger partial charge is 0.486 e. The van der Waals surface area contributed by atoms with E-state index in [1.54, 1.807) is 12.4 Å². The highest BCUT2D eigenvalue weighted by atomic mass is 16.6. The fourth-order valence-corrected chi connectivity index (χ4v) is 2.38. The van der Waals surface area contributed by atoms with Crippen LogP contribution in [-0.4, -0.2) is 18.2 Å². The number of aromatic nitrogens is 1. The lowest BCUT2D eigenvalue weighted by Gasteiger charge is -2.25. The topological polar surface area (TPSA) is 69.4 Å². The van der Waals surface area contributed by atoms with Crippen LogP contribution < -0.4 is 20.7 Å². The first-order valence-electron chi connectivity index (χ1n) is 6.62. The third-order valence-corrected chi connectivity index (χ3v) is 3.36. The normalized spacial score (nSPS) is 14.8. The second-order valence-corrected chi connectivity index (χ2v) is 4.65. The van der Waals surface area contributed by atoms with Crippen LogP contribution >= 0.6 is 0 Å². The lowest BCUT2D eigenvalue weighted by atomic mass is 9.98. The third kappa shape index (κ3) is 2.59. The molecule has 3 N–H and O–H groups in total. The van der Waals surface area contributed by atoms with Crippen molar-refractivity contribution in [1.29, 1.82) is 0 Å². The molecule has 2 aromatic rings. The third-order valence-electron chi connectivity index (χ3n) is 3.36. The van der Waals surface area contributed by atoms with Crippen molar-refractivity contribution >= 4 is 0 Å². The Kier molecular flexibility index (Phi) is 3.80. The van der Waals surface area contributed by atoms with Gasteiger partial charge in [-0.1, -0.05) is 12.1 Å². The number of rotatable bonds is 4. The molecule has 3 rings (SSSR count). The summed E-state index contributed by atoms with van der Waals surface area (Å²) in [7, 11) is 0. The van der Waals surface area contributed by atoms with Crippen LogP contribution in [0.25, 0.3) is 0 Å². The highest BCUT2D eigenvalue weighted by Gasteiger charge is 2.21. The van der Waals surface area contributed by atoms with Gasteiger partial charge in [-0.15, -0.1) is 0 Å². The molecule has 1 aromatic heterocycles. The van der Waals surface area contributed by atoms with Crippen LogP contribution in [0.4, 0.5) is 0 Å². The Balaban J connectivity index is 1.90. The molecule has 1 aliphatic heterocycles. The zero-order chi connectivity index (χ0) is 13.8. The van der Waals surface area contributed by atoms with Gasteiger partial charge in [-0.3, -0.25) is 16.3 Å². The monoisotopic (exact) mass is 271 g/mol. The molecule has 0 saturated carbocycles. The number of para-hydroxylation sites is 1. The van der Waals surface area contributed by atoms with Crippen molar-refractivity contribution in [2.45, 2.75) is 12.5 Å². The maximum absolute atomic E-state index is 5.74. The minimum atomic E-state index is -0.0333. The van der Waals surface area contributed by atoms with Gasteiger partial charge in [0.25, 0.3) is 0 Å². The van der Waals surface area contributed by atoms with Gasteiger partial charge in [0.1, 0.15) is 13.2 Å². The quantitative estimate of drug-likeness (QED) is 0.653. The number of benzene rings is 1. The molecule has 0 saturated heterocycles. The lowest BCUT2D eigenvalue weighted by molar-refractivity contribution is 0.168. The summed E-state index contributed by atoms with van der Waals surface area (Å²) in [6.45, 7) is 1.15. The summed E-state index contributed by atoms with van der Waals surface area (Å²) in [5.74, 6) is 7.29. The molecule has 0 amide bonds. The number of pyridine rings is 1. The van der Waals surface area contributed by atoms with Crippen LogP contribution in [-0.2, 0) is 6.42 Å². The van der Waals surface area contributed by atoms with E-state index in [-0.39, 0.29) is 6.04 Å². The summed E-state index contributed by atoms with van der Waals surface area (Å²) in [6.07, 6.45) is 4.32. The molecule has 20 heavy (non-hydrogen) atoms. The van der Waals surface area contributed by atoms with E-state index in [0.717, 1.165) is 29.0 Å². The summed E-state index contributed by atoms with van der Waals surface area (Å²) >= 11 is 0. The first-order valence-corrected chi connectivity index (χ1v) is 6.62. The van der Waals surface area contributed by atoms with Gasteiger partial charge in [0.15, 0.2) is 11.5 Å². The van der Waals surface area contributed by atoms with Crippen molar-refractivity contribution in [3.63, 3.8) is 0 Å². The number of nitrogens with two attached hydrogens (primary N) is 1. The predicted molar refractivity (Wildman–Crippen MR) is 75.4 cm³/mol. The van der Waals surface area contributed by atoms with E-state index < -0.39 is 0 Å². The van der Waals surface area contributed by atoms with Crippen molar-refractivity contribution in [3.05, 3.63) is 53.9 Å². The van der Waals surface area contributed by atoms with Gasteiger partial charge in [-0.25, -0.2) is 0 Å². The highest BCUT2D eigenvalue weighted by molar-refractivity contribution is 5.49. The van der Waals surface area contributed by atoms with E-state index in [4.69, 9.17) is 15.3 Å². The summed E-state index contributed by atoms with van der Waals surface area (Å²) in [5.41, 5.74) is 5.04. The van der Waals surface area contributed by atoms with Gasteiger partial charge in [0.05, 0.1) is 6.04 Å². The van der Waals surface area contributed by atoms with E-state index in [0.29, 0.717) is 13.2 Å². The number of fused-ring (bicyclic) bond motifs is 1. The van der Waals surface area contributed by atoms with Crippen molar-refractivity contribution in [1.82, 2.24) is 10.4 Å². The Morgan fingerprint density at radius 1 is 1.15 bits per heavy atom. The molecule has 2 heterocycles. The van der Waals surface area contributed by atoms with Crippen molar-refractivity contribution in [2.75, 3.05) is 13.2 Å². The molecule has 1 aromatic carbocycles. The Hall–Kier alpha value is -2.11. The van der Waals surface area contributed by atoms with E-state index in [2.05, 4.69) is 10.4 Å². The van der Waals surface area contributed by atoms with Crippen molar-refractivity contribution in [2.24, 2.45) is 5.84 Å². The van der Waals surface area contributed by atoms with Crippen LogP contribution in [0.5, 0.6) is 11.5 Å². The Bertz CT molecular complexity index is 575. The molecule has 0 spiro atoms. The summed E-state index contributed by atoms with van der Waals surface area (Å²) in [6, 6.07) is 9.82. The highest BCUT2D eigenvalue weighted by Crippen LogP contribution is 2.37. The van der Waals surface area contributed by atoms with Crippen LogP contribution in [0.15, 0.2) is 42.7 Å². The minimum absolute atomic E-state index is 0.0333. The van der Waals surface area contributed by atoms with E-state index >= 15 is 0 Å². The van der Waals surface area contributed by atoms with Crippen molar-refractivity contribution in [3.8, 4) is 11.5 Å². The maximum atomic E-state index is 5.74. The second kappa shape index (κ2) is 5.90. The molecule has 0 aliphatic carbocycles. The van der Waals surface area contributed by atoms with E-state index in [1.807, 2.05) is 30.3 Å². The molecule has 5 nitrogen and oxygen atoms in total. The number of nitrogens with zero attached hydrogens (tertiary/aromatic N) is 1. The molecular formula is C15H17N3O2. The molecule has 104 valence electrons. The van der Waals surface area contributed by atoms with Gasteiger partial charge in [-0.2, -0.15) is 0 Å². The predicted octanol–water partition coefficient (Wildman–Crippen LogP) is 1.60. The number of hydrogen-bond donors (Lipinski definition) is 2. The van der Waals surface area contributed by atoms with Gasteiger partial charge < -0.3 is 9.47 Å². The maximum Gasteiger partial charge on any atom is 0.166 e. The number of nitrogens with one attached hydrogen (secondary N) is 1. The number of hydrazine groups is 1. The zero-order valence-corrected chi connectivity index (χ0v) is 11.1. The summed E-state index contributed by atoms with van der Waals surface area (Å²) in [5, 5.41) is 0. The van der Waals surface area contributed by atoms with Crippen LogP contribution in [0.3, 0.4) is 0 Å². The Morgan fingerprint density at radius 3 is 2.75 bits per heavy atom. The molecule has 0 radical (unpaired) electrons. The molecule has 1 aliphatic rings. The molecular weight excluding hydrogens is 254 g/mol. The first kappa shape index (κ1) is 12.9. The van der Waals surface area contributed by atoms with Crippen LogP contribution in [0, 0.1) is 0 Å².